The van der Waals surface area contributed by atoms with Crippen molar-refractivity contribution in [3.8, 4) is 0 Å². The molecule has 0 bridgehead atoms. The van der Waals surface area contributed by atoms with Crippen molar-refractivity contribution in [2.75, 3.05) is 26.8 Å². The van der Waals surface area contributed by atoms with Crippen molar-refractivity contribution in [3.63, 3.8) is 0 Å². The first-order chi connectivity index (χ1) is 9.60. The van der Waals surface area contributed by atoms with Crippen LogP contribution in [0.5, 0.6) is 0 Å². The summed E-state index contributed by atoms with van der Waals surface area (Å²) in [5.74, 6) is 1.53. The number of carbonyl (C=O) groups is 1. The van der Waals surface area contributed by atoms with Gasteiger partial charge in [0, 0.05) is 18.1 Å². The summed E-state index contributed by atoms with van der Waals surface area (Å²) in [6, 6.07) is 3.37. The maximum Gasteiger partial charge on any atom is 0.318 e. The molecule has 0 spiro atoms. The molecule has 1 aliphatic heterocycles. The van der Waals surface area contributed by atoms with E-state index >= 15 is 0 Å². The number of carbonyl (C=O) groups excluding carboxylic acids is 1. The zero-order valence-electron chi connectivity index (χ0n) is 11.7. The van der Waals surface area contributed by atoms with Gasteiger partial charge in [-0.1, -0.05) is 22.0 Å². The van der Waals surface area contributed by atoms with Gasteiger partial charge in [-0.15, -0.1) is 0 Å². The monoisotopic (exact) mass is 342 g/mol. The SMILES string of the molecule is COC[C@@H](NC(=O)N1CCC=C(Br)C1)c1ccc(C)o1. The van der Waals surface area contributed by atoms with E-state index in [1.165, 1.54) is 0 Å². The second-order valence-electron chi connectivity index (χ2n) is 4.77. The molecule has 20 heavy (non-hydrogen) atoms. The van der Waals surface area contributed by atoms with Gasteiger partial charge >= 0.3 is 6.03 Å². The van der Waals surface area contributed by atoms with Gasteiger partial charge < -0.3 is 19.4 Å². The summed E-state index contributed by atoms with van der Waals surface area (Å²) in [7, 11) is 1.61. The Morgan fingerprint density at radius 1 is 1.60 bits per heavy atom. The molecule has 1 aromatic rings. The number of methoxy groups -OCH3 is 1. The predicted octanol–water partition coefficient (Wildman–Crippen LogP) is 2.97. The molecule has 110 valence electrons. The highest BCUT2D eigenvalue weighted by atomic mass is 79.9. The minimum atomic E-state index is -0.272. The lowest BCUT2D eigenvalue weighted by molar-refractivity contribution is 0.147. The summed E-state index contributed by atoms with van der Waals surface area (Å²) in [4.78, 5) is 14.0. The maximum atomic E-state index is 12.3. The van der Waals surface area contributed by atoms with Crippen LogP contribution in [0.1, 0.15) is 24.0 Å². The van der Waals surface area contributed by atoms with E-state index in [4.69, 9.17) is 9.15 Å². The largest absolute Gasteiger partial charge is 0.464 e. The second-order valence-corrected chi connectivity index (χ2v) is 5.79. The zero-order chi connectivity index (χ0) is 14.5. The fourth-order valence-corrected chi connectivity index (χ4v) is 2.65. The molecule has 2 heterocycles. The summed E-state index contributed by atoms with van der Waals surface area (Å²) in [6.07, 6.45) is 2.95. The van der Waals surface area contributed by atoms with Crippen LogP contribution >= 0.6 is 15.9 Å². The van der Waals surface area contributed by atoms with Gasteiger partial charge in [0.25, 0.3) is 0 Å². The van der Waals surface area contributed by atoms with Crippen molar-refractivity contribution in [1.29, 1.82) is 0 Å². The normalized spacial score (nSPS) is 16.8. The first kappa shape index (κ1) is 15.1. The molecule has 2 rings (SSSR count). The number of ether oxygens (including phenoxy) is 1. The Kier molecular flexibility index (Phi) is 5.25. The first-order valence-electron chi connectivity index (χ1n) is 6.55. The van der Waals surface area contributed by atoms with Gasteiger partial charge in [-0.05, 0) is 25.5 Å². The average Bonchev–Trinajstić information content (AvgIpc) is 2.85. The minimum Gasteiger partial charge on any atom is -0.464 e. The van der Waals surface area contributed by atoms with Crippen LogP contribution in [0.25, 0.3) is 0 Å². The molecule has 2 amide bonds. The van der Waals surface area contributed by atoms with E-state index < -0.39 is 0 Å². The van der Waals surface area contributed by atoms with Gasteiger partial charge in [-0.3, -0.25) is 0 Å². The van der Waals surface area contributed by atoms with Crippen LogP contribution in [0, 0.1) is 6.92 Å². The van der Waals surface area contributed by atoms with Crippen LogP contribution in [-0.4, -0.2) is 37.7 Å². The van der Waals surface area contributed by atoms with Crippen molar-refractivity contribution >= 4 is 22.0 Å². The number of nitrogens with zero attached hydrogens (tertiary/aromatic N) is 1. The molecule has 0 saturated heterocycles. The molecule has 0 unspecified atom stereocenters. The predicted molar refractivity (Wildman–Crippen MR) is 79.8 cm³/mol. The number of hydrogen-bond acceptors (Lipinski definition) is 3. The summed E-state index contributed by atoms with van der Waals surface area (Å²) < 4.78 is 11.8. The fraction of sp³-hybridized carbons (Fsp3) is 0.500. The zero-order valence-corrected chi connectivity index (χ0v) is 13.3. The minimum absolute atomic E-state index is 0.105. The van der Waals surface area contributed by atoms with Gasteiger partial charge in [0.2, 0.25) is 0 Å². The highest BCUT2D eigenvalue weighted by Crippen LogP contribution is 2.19. The van der Waals surface area contributed by atoms with E-state index in [0.29, 0.717) is 18.9 Å². The molecule has 0 aromatic carbocycles. The summed E-state index contributed by atoms with van der Waals surface area (Å²) in [5.41, 5.74) is 0. The van der Waals surface area contributed by atoms with Gasteiger partial charge in [0.05, 0.1) is 13.2 Å². The molecule has 0 fully saturated rings. The van der Waals surface area contributed by atoms with Crippen LogP contribution in [0.2, 0.25) is 0 Å². The molecule has 0 radical (unpaired) electrons. The standard InChI is InChI=1S/C14H19BrN2O3/c1-10-5-6-13(20-10)12(9-19-2)16-14(18)17-7-3-4-11(15)8-17/h4-6,12H,3,7-9H2,1-2H3,(H,16,18)/t12-/m1/s1. The third-order valence-electron chi connectivity index (χ3n) is 3.13. The number of furan rings is 1. The summed E-state index contributed by atoms with van der Waals surface area (Å²) in [6.45, 7) is 3.58. The van der Waals surface area contributed by atoms with E-state index in [9.17, 15) is 4.79 Å². The quantitative estimate of drug-likeness (QED) is 0.915. The number of aryl methyl sites for hydroxylation is 1. The Morgan fingerprint density at radius 3 is 3.00 bits per heavy atom. The third kappa shape index (κ3) is 3.86. The highest BCUT2D eigenvalue weighted by molar-refractivity contribution is 9.11. The smallest absolute Gasteiger partial charge is 0.318 e. The Labute approximate surface area is 127 Å². The number of amides is 2. The number of rotatable bonds is 4. The van der Waals surface area contributed by atoms with Crippen molar-refractivity contribution in [1.82, 2.24) is 10.2 Å². The highest BCUT2D eigenvalue weighted by Gasteiger charge is 2.22. The fourth-order valence-electron chi connectivity index (χ4n) is 2.12. The van der Waals surface area contributed by atoms with Gasteiger partial charge in [-0.25, -0.2) is 4.79 Å². The molecular formula is C14H19BrN2O3. The Morgan fingerprint density at radius 2 is 2.40 bits per heavy atom. The Bertz CT molecular complexity index is 498. The molecule has 1 atom stereocenters. The number of halogens is 1. The molecule has 0 aliphatic carbocycles. The van der Waals surface area contributed by atoms with Crippen LogP contribution in [0.3, 0.4) is 0 Å². The second kappa shape index (κ2) is 6.95. The van der Waals surface area contributed by atoms with E-state index in [1.807, 2.05) is 19.1 Å². The van der Waals surface area contributed by atoms with Crippen molar-refractivity contribution in [2.24, 2.45) is 0 Å². The Balaban J connectivity index is 2.01. The molecule has 1 N–H and O–H groups in total. The molecular weight excluding hydrogens is 324 g/mol. The molecule has 6 heteroatoms. The van der Waals surface area contributed by atoms with Crippen molar-refractivity contribution < 1.29 is 13.9 Å². The maximum absolute atomic E-state index is 12.3. The lowest BCUT2D eigenvalue weighted by Gasteiger charge is -2.27. The molecule has 1 aromatic heterocycles. The van der Waals surface area contributed by atoms with Crippen LogP contribution in [-0.2, 0) is 4.74 Å². The van der Waals surface area contributed by atoms with E-state index in [-0.39, 0.29) is 12.1 Å². The number of urea groups is 1. The lowest BCUT2D eigenvalue weighted by atomic mass is 10.2. The van der Waals surface area contributed by atoms with Crippen molar-refractivity contribution in [2.45, 2.75) is 19.4 Å². The average molecular weight is 343 g/mol. The first-order valence-corrected chi connectivity index (χ1v) is 7.34. The van der Waals surface area contributed by atoms with Crippen molar-refractivity contribution in [3.05, 3.63) is 34.2 Å². The number of nitrogens with one attached hydrogen (secondary N) is 1. The lowest BCUT2D eigenvalue weighted by Crippen LogP contribution is -2.44. The van der Waals surface area contributed by atoms with Crippen LogP contribution in [0.15, 0.2) is 27.1 Å². The summed E-state index contributed by atoms with van der Waals surface area (Å²) in [5, 5.41) is 2.96. The third-order valence-corrected chi connectivity index (χ3v) is 3.70. The van der Waals surface area contributed by atoms with Crippen LogP contribution < -0.4 is 5.32 Å². The number of hydrogen-bond donors (Lipinski definition) is 1. The van der Waals surface area contributed by atoms with Crippen LogP contribution in [0.4, 0.5) is 4.79 Å². The molecule has 1 aliphatic rings. The van der Waals surface area contributed by atoms with Gasteiger partial charge in [0.15, 0.2) is 0 Å². The van der Waals surface area contributed by atoms with E-state index in [0.717, 1.165) is 23.2 Å². The summed E-state index contributed by atoms with van der Waals surface area (Å²) >= 11 is 3.44. The van der Waals surface area contributed by atoms with E-state index in [1.54, 1.807) is 12.0 Å². The molecule has 0 saturated carbocycles. The topological polar surface area (TPSA) is 54.7 Å². The van der Waals surface area contributed by atoms with E-state index in [2.05, 4.69) is 27.3 Å². The van der Waals surface area contributed by atoms with Gasteiger partial charge in [0.1, 0.15) is 17.6 Å². The van der Waals surface area contributed by atoms with Gasteiger partial charge in [-0.2, -0.15) is 0 Å². The Hall–Kier alpha value is -1.27. The molecule has 5 nitrogen and oxygen atoms in total.